The van der Waals surface area contributed by atoms with E-state index in [9.17, 15) is 13.2 Å². The zero-order valence-corrected chi connectivity index (χ0v) is 11.3. The summed E-state index contributed by atoms with van der Waals surface area (Å²) < 4.78 is 46.0. The van der Waals surface area contributed by atoms with Gasteiger partial charge in [0, 0.05) is 12.6 Å². The molecular formula is C13H18F3NO3. The molecule has 0 unspecified atom stereocenters. The molecule has 0 saturated carbocycles. The van der Waals surface area contributed by atoms with E-state index in [1.54, 1.807) is 12.1 Å². The van der Waals surface area contributed by atoms with Crippen molar-refractivity contribution in [1.82, 2.24) is 5.32 Å². The van der Waals surface area contributed by atoms with E-state index < -0.39 is 12.8 Å². The lowest BCUT2D eigenvalue weighted by atomic mass is 10.2. The van der Waals surface area contributed by atoms with Crippen LogP contribution < -0.4 is 14.8 Å². The molecule has 20 heavy (non-hydrogen) atoms. The first kappa shape index (κ1) is 16.6. The van der Waals surface area contributed by atoms with Crippen molar-refractivity contribution in [3.05, 3.63) is 23.8 Å². The van der Waals surface area contributed by atoms with Gasteiger partial charge in [-0.25, -0.2) is 0 Å². The molecular weight excluding hydrogens is 275 g/mol. The number of ether oxygens (including phenoxy) is 2. The maximum absolute atomic E-state index is 12.1. The molecule has 0 amide bonds. The van der Waals surface area contributed by atoms with Crippen molar-refractivity contribution in [2.75, 3.05) is 20.3 Å². The average Bonchev–Trinajstić information content (AvgIpc) is 2.41. The average molecular weight is 293 g/mol. The monoisotopic (exact) mass is 293 g/mol. The van der Waals surface area contributed by atoms with Crippen molar-refractivity contribution < 1.29 is 27.8 Å². The van der Waals surface area contributed by atoms with E-state index in [-0.39, 0.29) is 24.1 Å². The molecule has 7 heteroatoms. The highest BCUT2D eigenvalue weighted by Gasteiger charge is 2.29. The van der Waals surface area contributed by atoms with Crippen LogP contribution in [0.25, 0.3) is 0 Å². The first-order valence-corrected chi connectivity index (χ1v) is 6.06. The topological polar surface area (TPSA) is 50.7 Å². The van der Waals surface area contributed by atoms with Crippen LogP contribution in [0.3, 0.4) is 0 Å². The molecule has 1 rings (SSSR count). The molecule has 0 bridgehead atoms. The van der Waals surface area contributed by atoms with Gasteiger partial charge < -0.3 is 19.9 Å². The molecule has 0 aromatic heterocycles. The van der Waals surface area contributed by atoms with Gasteiger partial charge in [-0.1, -0.05) is 6.07 Å². The van der Waals surface area contributed by atoms with Gasteiger partial charge >= 0.3 is 6.18 Å². The summed E-state index contributed by atoms with van der Waals surface area (Å²) in [5.74, 6) is 0.286. The van der Waals surface area contributed by atoms with Gasteiger partial charge in [-0.3, -0.25) is 0 Å². The normalized spacial score (nSPS) is 13.1. The van der Waals surface area contributed by atoms with Crippen molar-refractivity contribution in [3.8, 4) is 11.5 Å². The van der Waals surface area contributed by atoms with E-state index in [4.69, 9.17) is 9.84 Å². The molecule has 0 heterocycles. The maximum Gasteiger partial charge on any atom is 0.422 e. The number of hydrogen-bond donors (Lipinski definition) is 2. The minimum atomic E-state index is -4.39. The molecule has 1 aromatic carbocycles. The molecule has 2 N–H and O–H groups in total. The molecule has 4 nitrogen and oxygen atoms in total. The van der Waals surface area contributed by atoms with Crippen LogP contribution in [-0.2, 0) is 6.54 Å². The third-order valence-electron chi connectivity index (χ3n) is 2.55. The third-order valence-corrected chi connectivity index (χ3v) is 2.55. The number of aliphatic hydroxyl groups excluding tert-OH is 1. The smallest absolute Gasteiger partial charge is 0.422 e. The Labute approximate surface area is 115 Å². The fourth-order valence-corrected chi connectivity index (χ4v) is 1.46. The number of rotatable bonds is 7. The number of halogens is 3. The lowest BCUT2D eigenvalue weighted by molar-refractivity contribution is -0.153. The molecule has 0 aliphatic heterocycles. The summed E-state index contributed by atoms with van der Waals surface area (Å²) in [6.07, 6.45) is -4.39. The largest absolute Gasteiger partial charge is 0.493 e. The summed E-state index contributed by atoms with van der Waals surface area (Å²) in [7, 11) is 1.36. The standard InChI is InChI=1S/C13H18F3NO3/c1-9(7-18)17-6-10-3-4-11(12(5-10)19-2)20-8-13(14,15)16/h3-5,9,17-18H,6-8H2,1-2H3/t9-/m1/s1. The zero-order valence-electron chi connectivity index (χ0n) is 11.3. The summed E-state index contributed by atoms with van der Waals surface area (Å²) in [5.41, 5.74) is 0.821. The first-order valence-electron chi connectivity index (χ1n) is 6.06. The van der Waals surface area contributed by atoms with Gasteiger partial charge in [-0.05, 0) is 24.6 Å². The van der Waals surface area contributed by atoms with Crippen molar-refractivity contribution in [2.24, 2.45) is 0 Å². The molecule has 114 valence electrons. The summed E-state index contributed by atoms with van der Waals surface area (Å²) >= 11 is 0. The van der Waals surface area contributed by atoms with Crippen LogP contribution in [-0.4, -0.2) is 37.6 Å². The molecule has 0 aliphatic rings. The minimum Gasteiger partial charge on any atom is -0.493 e. The summed E-state index contributed by atoms with van der Waals surface area (Å²) in [5, 5.41) is 11.9. The number of aliphatic hydroxyl groups is 1. The second-order valence-corrected chi connectivity index (χ2v) is 4.35. The highest BCUT2D eigenvalue weighted by Crippen LogP contribution is 2.29. The number of alkyl halides is 3. The molecule has 0 spiro atoms. The second-order valence-electron chi connectivity index (χ2n) is 4.35. The second kappa shape index (κ2) is 7.35. The van der Waals surface area contributed by atoms with Gasteiger partial charge in [-0.2, -0.15) is 13.2 Å². The van der Waals surface area contributed by atoms with Crippen molar-refractivity contribution >= 4 is 0 Å². The van der Waals surface area contributed by atoms with Crippen LogP contribution in [0.2, 0.25) is 0 Å². The van der Waals surface area contributed by atoms with Crippen LogP contribution in [0.15, 0.2) is 18.2 Å². The molecule has 1 aromatic rings. The first-order chi connectivity index (χ1) is 9.35. The summed E-state index contributed by atoms with van der Waals surface area (Å²) in [6, 6.07) is 4.61. The van der Waals surface area contributed by atoms with Crippen LogP contribution in [0.5, 0.6) is 11.5 Å². The van der Waals surface area contributed by atoms with E-state index in [0.717, 1.165) is 5.56 Å². The molecule has 0 fully saturated rings. The van der Waals surface area contributed by atoms with Crippen molar-refractivity contribution in [3.63, 3.8) is 0 Å². The highest BCUT2D eigenvalue weighted by molar-refractivity contribution is 5.43. The highest BCUT2D eigenvalue weighted by atomic mass is 19.4. The fraction of sp³-hybridized carbons (Fsp3) is 0.538. The molecule has 0 aliphatic carbocycles. The number of benzene rings is 1. The molecule has 0 radical (unpaired) electrons. The SMILES string of the molecule is COc1cc(CN[C@H](C)CO)ccc1OCC(F)(F)F. The van der Waals surface area contributed by atoms with Gasteiger partial charge in [-0.15, -0.1) is 0 Å². The lowest BCUT2D eigenvalue weighted by Crippen LogP contribution is -2.28. The summed E-state index contributed by atoms with van der Waals surface area (Å²) in [6.45, 7) is 0.933. The number of methoxy groups -OCH3 is 1. The van der Waals surface area contributed by atoms with Gasteiger partial charge in [0.1, 0.15) is 0 Å². The van der Waals surface area contributed by atoms with Crippen LogP contribution in [0.4, 0.5) is 13.2 Å². The third kappa shape index (κ3) is 5.66. The molecule has 1 atom stereocenters. The minimum absolute atomic E-state index is 0.00388. The Kier molecular flexibility index (Phi) is 6.09. The maximum atomic E-state index is 12.1. The Morgan fingerprint density at radius 2 is 2.00 bits per heavy atom. The summed E-state index contributed by atoms with van der Waals surface area (Å²) in [4.78, 5) is 0. The Morgan fingerprint density at radius 1 is 1.30 bits per heavy atom. The predicted molar refractivity (Wildman–Crippen MR) is 67.9 cm³/mol. The van der Waals surface area contributed by atoms with Crippen LogP contribution >= 0.6 is 0 Å². The van der Waals surface area contributed by atoms with E-state index in [1.165, 1.54) is 13.2 Å². The van der Waals surface area contributed by atoms with E-state index >= 15 is 0 Å². The van der Waals surface area contributed by atoms with Crippen LogP contribution in [0.1, 0.15) is 12.5 Å². The van der Waals surface area contributed by atoms with Gasteiger partial charge in [0.2, 0.25) is 0 Å². The Bertz CT molecular complexity index is 424. The fourth-order valence-electron chi connectivity index (χ4n) is 1.46. The van der Waals surface area contributed by atoms with Gasteiger partial charge in [0.05, 0.1) is 13.7 Å². The van der Waals surface area contributed by atoms with Gasteiger partial charge in [0.25, 0.3) is 0 Å². The van der Waals surface area contributed by atoms with Crippen molar-refractivity contribution in [2.45, 2.75) is 25.7 Å². The number of nitrogens with one attached hydrogen (secondary N) is 1. The lowest BCUT2D eigenvalue weighted by Gasteiger charge is -2.15. The van der Waals surface area contributed by atoms with E-state index in [1.807, 2.05) is 6.92 Å². The quantitative estimate of drug-likeness (QED) is 0.808. The van der Waals surface area contributed by atoms with Gasteiger partial charge in [0.15, 0.2) is 18.1 Å². The molecule has 0 saturated heterocycles. The van der Waals surface area contributed by atoms with E-state index in [0.29, 0.717) is 6.54 Å². The van der Waals surface area contributed by atoms with Crippen LogP contribution in [0, 0.1) is 0 Å². The van der Waals surface area contributed by atoms with Crippen molar-refractivity contribution in [1.29, 1.82) is 0 Å². The Hall–Kier alpha value is -1.47. The zero-order chi connectivity index (χ0) is 15.2. The Balaban J connectivity index is 2.70. The van der Waals surface area contributed by atoms with E-state index in [2.05, 4.69) is 10.1 Å². The Morgan fingerprint density at radius 3 is 2.55 bits per heavy atom. The number of hydrogen-bond acceptors (Lipinski definition) is 4. The predicted octanol–water partition coefficient (Wildman–Crippen LogP) is 2.11.